The maximum atomic E-state index is 13.6. The average Bonchev–Trinajstić information content (AvgIpc) is 2.68. The molecule has 0 radical (unpaired) electrons. The van der Waals surface area contributed by atoms with Crippen molar-refractivity contribution >= 4 is 11.4 Å². The Balaban J connectivity index is 2.27. The molecule has 0 amide bonds. The predicted molar refractivity (Wildman–Crippen MR) is 61.6 cm³/mol. The molecule has 3 nitrogen and oxygen atoms in total. The molecule has 0 unspecified atom stereocenters. The first-order valence-corrected chi connectivity index (χ1v) is 5.04. The number of nitrogens with zero attached hydrogens (tertiary/aromatic N) is 1. The van der Waals surface area contributed by atoms with E-state index in [0.29, 0.717) is 6.54 Å². The van der Waals surface area contributed by atoms with Crippen LogP contribution in [-0.4, -0.2) is 7.05 Å². The van der Waals surface area contributed by atoms with E-state index in [2.05, 4.69) is 0 Å². The van der Waals surface area contributed by atoms with Gasteiger partial charge in [-0.25, -0.2) is 8.78 Å². The van der Waals surface area contributed by atoms with E-state index in [9.17, 15) is 8.78 Å². The Kier molecular flexibility index (Phi) is 2.99. The Hall–Kier alpha value is -2.04. The highest BCUT2D eigenvalue weighted by Gasteiger charge is 2.15. The van der Waals surface area contributed by atoms with Crippen LogP contribution in [0.5, 0.6) is 0 Å². The quantitative estimate of drug-likeness (QED) is 0.836. The Bertz CT molecular complexity index is 488. The van der Waals surface area contributed by atoms with Crippen LogP contribution < -0.4 is 10.6 Å². The minimum absolute atomic E-state index is 0.0699. The molecule has 1 aromatic heterocycles. The van der Waals surface area contributed by atoms with Crippen molar-refractivity contribution < 1.29 is 13.2 Å². The normalized spacial score (nSPS) is 10.5. The van der Waals surface area contributed by atoms with E-state index in [1.165, 1.54) is 17.4 Å². The largest absolute Gasteiger partial charge is 0.472 e. The van der Waals surface area contributed by atoms with Crippen molar-refractivity contribution in [1.82, 2.24) is 0 Å². The monoisotopic (exact) mass is 238 g/mol. The van der Waals surface area contributed by atoms with Gasteiger partial charge in [-0.3, -0.25) is 0 Å². The lowest BCUT2D eigenvalue weighted by Crippen LogP contribution is -2.19. The van der Waals surface area contributed by atoms with Crippen molar-refractivity contribution in [2.45, 2.75) is 6.54 Å². The molecular weight excluding hydrogens is 226 g/mol. The number of hydrogen-bond donors (Lipinski definition) is 1. The maximum Gasteiger partial charge on any atom is 0.151 e. The van der Waals surface area contributed by atoms with Crippen molar-refractivity contribution in [2.75, 3.05) is 17.7 Å². The van der Waals surface area contributed by atoms with E-state index >= 15 is 0 Å². The number of furan rings is 1. The first-order valence-electron chi connectivity index (χ1n) is 5.04. The fourth-order valence-electron chi connectivity index (χ4n) is 1.69. The number of nitrogen functional groups attached to an aromatic ring is 1. The molecule has 2 aromatic rings. The van der Waals surface area contributed by atoms with Gasteiger partial charge in [-0.15, -0.1) is 0 Å². The lowest BCUT2D eigenvalue weighted by atomic mass is 10.2. The summed E-state index contributed by atoms with van der Waals surface area (Å²) in [5.74, 6) is -1.35. The van der Waals surface area contributed by atoms with E-state index in [-0.39, 0.29) is 11.4 Å². The number of hydrogen-bond acceptors (Lipinski definition) is 3. The predicted octanol–water partition coefficient (Wildman–Crippen LogP) is 2.78. The minimum atomic E-state index is -0.673. The number of rotatable bonds is 3. The van der Waals surface area contributed by atoms with Gasteiger partial charge >= 0.3 is 0 Å². The molecule has 0 saturated heterocycles. The van der Waals surface area contributed by atoms with E-state index in [0.717, 1.165) is 17.7 Å². The van der Waals surface area contributed by atoms with Gasteiger partial charge in [-0.05, 0) is 18.2 Å². The zero-order valence-corrected chi connectivity index (χ0v) is 9.28. The second-order valence-electron chi connectivity index (χ2n) is 3.82. The third-order valence-electron chi connectivity index (χ3n) is 2.42. The van der Waals surface area contributed by atoms with Crippen molar-refractivity contribution in [1.29, 1.82) is 0 Å². The molecule has 2 rings (SSSR count). The molecule has 90 valence electrons. The summed E-state index contributed by atoms with van der Waals surface area (Å²) < 4.78 is 32.1. The van der Waals surface area contributed by atoms with Gasteiger partial charge in [0.05, 0.1) is 12.5 Å². The van der Waals surface area contributed by atoms with Crippen LogP contribution in [-0.2, 0) is 6.54 Å². The Labute approximate surface area is 97.4 Å². The molecular formula is C12H12F2N2O. The molecule has 5 heteroatoms. The minimum Gasteiger partial charge on any atom is -0.472 e. The summed E-state index contributed by atoms with van der Waals surface area (Å²) >= 11 is 0. The number of halogens is 2. The summed E-state index contributed by atoms with van der Waals surface area (Å²) in [5, 5.41) is 0. The topological polar surface area (TPSA) is 42.4 Å². The van der Waals surface area contributed by atoms with Crippen molar-refractivity contribution in [2.24, 2.45) is 0 Å². The number of benzene rings is 1. The summed E-state index contributed by atoms with van der Waals surface area (Å²) in [7, 11) is 1.60. The Morgan fingerprint density at radius 2 is 1.94 bits per heavy atom. The van der Waals surface area contributed by atoms with Crippen molar-refractivity contribution in [3.8, 4) is 0 Å². The summed E-state index contributed by atoms with van der Waals surface area (Å²) in [6.07, 6.45) is 3.04. The first-order chi connectivity index (χ1) is 8.08. The fourth-order valence-corrected chi connectivity index (χ4v) is 1.69. The number of anilines is 2. The third kappa shape index (κ3) is 2.38. The standard InChI is InChI=1S/C12H12F2N2O/c1-16(6-8-2-3-17-7-8)12-10(13)4-9(15)5-11(12)14/h2-5,7H,6,15H2,1H3. The third-order valence-corrected chi connectivity index (χ3v) is 2.42. The number of nitrogens with two attached hydrogens (primary N) is 1. The van der Waals surface area contributed by atoms with Crippen LogP contribution >= 0.6 is 0 Å². The maximum absolute atomic E-state index is 13.6. The summed E-state index contributed by atoms with van der Waals surface area (Å²) in [6, 6.07) is 3.94. The summed E-state index contributed by atoms with van der Waals surface area (Å²) in [6.45, 7) is 0.355. The van der Waals surface area contributed by atoms with Crippen LogP contribution in [0.3, 0.4) is 0 Å². The molecule has 0 atom stereocenters. The van der Waals surface area contributed by atoms with Crippen LogP contribution in [0.15, 0.2) is 35.1 Å². The highest BCUT2D eigenvalue weighted by molar-refractivity contribution is 5.55. The molecule has 2 N–H and O–H groups in total. The van der Waals surface area contributed by atoms with E-state index in [1.54, 1.807) is 13.1 Å². The summed E-state index contributed by atoms with van der Waals surface area (Å²) in [5.41, 5.74) is 6.16. The molecule has 0 spiro atoms. The molecule has 1 heterocycles. The van der Waals surface area contributed by atoms with Gasteiger partial charge in [0.15, 0.2) is 11.6 Å². The molecule has 0 bridgehead atoms. The fraction of sp³-hybridized carbons (Fsp3) is 0.167. The molecule has 0 aliphatic carbocycles. The van der Waals surface area contributed by atoms with Gasteiger partial charge in [-0.2, -0.15) is 0 Å². The van der Waals surface area contributed by atoms with Crippen LogP contribution in [0.25, 0.3) is 0 Å². The van der Waals surface area contributed by atoms with Gasteiger partial charge in [0, 0.05) is 24.8 Å². The molecule has 17 heavy (non-hydrogen) atoms. The van der Waals surface area contributed by atoms with Crippen LogP contribution in [0.2, 0.25) is 0 Å². The highest BCUT2D eigenvalue weighted by Crippen LogP contribution is 2.26. The molecule has 0 saturated carbocycles. The van der Waals surface area contributed by atoms with Crippen LogP contribution in [0.1, 0.15) is 5.56 Å². The van der Waals surface area contributed by atoms with Gasteiger partial charge in [0.2, 0.25) is 0 Å². The van der Waals surface area contributed by atoms with Crippen LogP contribution in [0, 0.1) is 11.6 Å². The lowest BCUT2D eigenvalue weighted by Gasteiger charge is -2.20. The van der Waals surface area contributed by atoms with Crippen LogP contribution in [0.4, 0.5) is 20.2 Å². The van der Waals surface area contributed by atoms with E-state index < -0.39 is 11.6 Å². The van der Waals surface area contributed by atoms with Gasteiger partial charge < -0.3 is 15.1 Å². The first kappa shape index (κ1) is 11.4. The average molecular weight is 238 g/mol. The highest BCUT2D eigenvalue weighted by atomic mass is 19.1. The second kappa shape index (κ2) is 4.45. The van der Waals surface area contributed by atoms with E-state index in [4.69, 9.17) is 10.2 Å². The molecule has 1 aromatic carbocycles. The zero-order chi connectivity index (χ0) is 12.4. The van der Waals surface area contributed by atoms with E-state index in [1.807, 2.05) is 0 Å². The van der Waals surface area contributed by atoms with Gasteiger partial charge in [-0.1, -0.05) is 0 Å². The molecule has 0 aliphatic rings. The molecule has 0 fully saturated rings. The van der Waals surface area contributed by atoms with Gasteiger partial charge in [0.1, 0.15) is 5.69 Å². The Morgan fingerprint density at radius 3 is 2.47 bits per heavy atom. The lowest BCUT2D eigenvalue weighted by molar-refractivity contribution is 0.560. The summed E-state index contributed by atoms with van der Waals surface area (Å²) in [4.78, 5) is 1.47. The zero-order valence-electron chi connectivity index (χ0n) is 9.28. The smallest absolute Gasteiger partial charge is 0.151 e. The Morgan fingerprint density at radius 1 is 1.29 bits per heavy atom. The van der Waals surface area contributed by atoms with Gasteiger partial charge in [0.25, 0.3) is 0 Å². The molecule has 0 aliphatic heterocycles. The van der Waals surface area contributed by atoms with Crippen molar-refractivity contribution in [3.05, 3.63) is 47.9 Å². The SMILES string of the molecule is CN(Cc1ccoc1)c1c(F)cc(N)cc1F. The second-order valence-corrected chi connectivity index (χ2v) is 3.82. The van der Waals surface area contributed by atoms with Crippen molar-refractivity contribution in [3.63, 3.8) is 0 Å².